The molecule has 0 radical (unpaired) electrons. The molecule has 2 aromatic rings. The monoisotopic (exact) mass is 254 g/mol. The number of anilines is 1. The molecule has 2 N–H and O–H groups in total. The Kier molecular flexibility index (Phi) is 2.71. The van der Waals surface area contributed by atoms with Crippen molar-refractivity contribution in [3.63, 3.8) is 0 Å². The summed E-state index contributed by atoms with van der Waals surface area (Å²) in [7, 11) is 0. The quantitative estimate of drug-likeness (QED) is 0.890. The van der Waals surface area contributed by atoms with E-state index in [0.29, 0.717) is 17.4 Å². The van der Waals surface area contributed by atoms with Gasteiger partial charge < -0.3 is 10.2 Å². The van der Waals surface area contributed by atoms with Crippen LogP contribution < -0.4 is 5.73 Å². The third-order valence-corrected chi connectivity index (χ3v) is 3.73. The predicted octanol–water partition coefficient (Wildman–Crippen LogP) is 2.77. The second-order valence-corrected chi connectivity index (χ2v) is 4.94. The lowest BCUT2D eigenvalue weighted by Crippen LogP contribution is -2.11. The lowest BCUT2D eigenvalue weighted by atomic mass is 9.77. The molecule has 5 nitrogen and oxygen atoms in total. The minimum Gasteiger partial charge on any atom is -0.404 e. The Labute approximate surface area is 111 Å². The summed E-state index contributed by atoms with van der Waals surface area (Å²) in [6, 6.07) is 6.14. The van der Waals surface area contributed by atoms with E-state index in [1.165, 1.54) is 24.8 Å². The zero-order chi connectivity index (χ0) is 13.4. The largest absolute Gasteiger partial charge is 0.404 e. The average Bonchev–Trinajstić information content (AvgIpc) is 2.74. The van der Waals surface area contributed by atoms with Gasteiger partial charge in [0.1, 0.15) is 0 Å². The van der Waals surface area contributed by atoms with Crippen LogP contribution in [-0.2, 0) is 0 Å². The molecule has 3 rings (SSSR count). The molecule has 19 heavy (non-hydrogen) atoms. The van der Waals surface area contributed by atoms with Crippen molar-refractivity contribution < 1.29 is 4.42 Å². The van der Waals surface area contributed by atoms with E-state index < -0.39 is 0 Å². The molecule has 0 saturated heterocycles. The Balaban J connectivity index is 2.17. The third kappa shape index (κ3) is 1.95. The van der Waals surface area contributed by atoms with Crippen molar-refractivity contribution in [1.82, 2.24) is 10.2 Å². The Hall–Kier alpha value is -2.35. The molecule has 1 aromatic heterocycles. The van der Waals surface area contributed by atoms with Crippen molar-refractivity contribution >= 4 is 6.01 Å². The van der Waals surface area contributed by atoms with E-state index in [1.54, 1.807) is 0 Å². The Morgan fingerprint density at radius 1 is 1.37 bits per heavy atom. The highest BCUT2D eigenvalue weighted by atomic mass is 16.4. The first-order chi connectivity index (χ1) is 9.19. The molecule has 1 aliphatic carbocycles. The molecular formula is C14H14N4O. The first kappa shape index (κ1) is 11.7. The number of aromatic nitrogens is 2. The molecule has 0 spiro atoms. The molecular weight excluding hydrogens is 240 g/mol. The van der Waals surface area contributed by atoms with Gasteiger partial charge in [0.25, 0.3) is 0 Å². The first-order valence-electron chi connectivity index (χ1n) is 6.33. The van der Waals surface area contributed by atoms with Gasteiger partial charge in [-0.15, -0.1) is 5.10 Å². The summed E-state index contributed by atoms with van der Waals surface area (Å²) in [5.41, 5.74) is 9.13. The van der Waals surface area contributed by atoms with Gasteiger partial charge in [-0.3, -0.25) is 0 Å². The smallest absolute Gasteiger partial charge is 0.313 e. The van der Waals surface area contributed by atoms with Gasteiger partial charge >= 0.3 is 6.01 Å². The molecule has 1 aromatic carbocycles. The van der Waals surface area contributed by atoms with E-state index in [9.17, 15) is 0 Å². The van der Waals surface area contributed by atoms with Gasteiger partial charge in [-0.1, -0.05) is 17.6 Å². The van der Waals surface area contributed by atoms with E-state index in [2.05, 4.69) is 22.3 Å². The van der Waals surface area contributed by atoms with Gasteiger partial charge in [0.2, 0.25) is 5.89 Å². The molecule has 1 fully saturated rings. The van der Waals surface area contributed by atoms with Crippen molar-refractivity contribution in [1.29, 1.82) is 5.26 Å². The van der Waals surface area contributed by atoms with Gasteiger partial charge in [-0.2, -0.15) is 5.26 Å². The van der Waals surface area contributed by atoms with Crippen LogP contribution in [0, 0.1) is 18.3 Å². The number of nitrogens with two attached hydrogens (primary N) is 1. The highest BCUT2D eigenvalue weighted by Gasteiger charge is 2.25. The number of hydrogen-bond acceptors (Lipinski definition) is 5. The fourth-order valence-corrected chi connectivity index (χ4v) is 2.44. The lowest BCUT2D eigenvalue weighted by Gasteiger charge is -2.27. The van der Waals surface area contributed by atoms with Crippen molar-refractivity contribution in [2.75, 3.05) is 5.73 Å². The normalized spacial score (nSPS) is 14.9. The zero-order valence-corrected chi connectivity index (χ0v) is 10.7. The maximum Gasteiger partial charge on any atom is 0.313 e. The van der Waals surface area contributed by atoms with Crippen LogP contribution in [0.3, 0.4) is 0 Å². The minimum atomic E-state index is 0.0497. The molecule has 96 valence electrons. The van der Waals surface area contributed by atoms with Gasteiger partial charge in [-0.05, 0) is 42.9 Å². The van der Waals surface area contributed by atoms with Crippen LogP contribution in [-0.4, -0.2) is 10.2 Å². The van der Waals surface area contributed by atoms with E-state index >= 15 is 0 Å². The van der Waals surface area contributed by atoms with Crippen molar-refractivity contribution in [3.05, 3.63) is 28.8 Å². The molecule has 1 heterocycles. The van der Waals surface area contributed by atoms with Crippen LogP contribution in [0.5, 0.6) is 0 Å². The maximum absolute atomic E-state index is 9.15. The number of aryl methyl sites for hydroxylation is 1. The number of nitrogens with zero attached hydrogens (tertiary/aromatic N) is 3. The summed E-state index contributed by atoms with van der Waals surface area (Å²) in [5, 5.41) is 16.8. The topological polar surface area (TPSA) is 88.7 Å². The van der Waals surface area contributed by atoms with E-state index in [1.807, 2.05) is 13.0 Å². The second kappa shape index (κ2) is 4.39. The number of benzene rings is 1. The minimum absolute atomic E-state index is 0.0497. The molecule has 0 unspecified atom stereocenters. The Morgan fingerprint density at radius 2 is 2.16 bits per heavy atom. The summed E-state index contributed by atoms with van der Waals surface area (Å²) in [5.74, 6) is 0.922. The van der Waals surface area contributed by atoms with Crippen LogP contribution in [0.15, 0.2) is 16.5 Å². The summed E-state index contributed by atoms with van der Waals surface area (Å²) in [6.07, 6.45) is 3.58. The molecule has 0 atom stereocenters. The van der Waals surface area contributed by atoms with Gasteiger partial charge in [0.05, 0.1) is 11.6 Å². The van der Waals surface area contributed by atoms with Crippen LogP contribution in [0.1, 0.15) is 41.9 Å². The fourth-order valence-electron chi connectivity index (χ4n) is 2.44. The van der Waals surface area contributed by atoms with E-state index in [-0.39, 0.29) is 6.01 Å². The first-order valence-corrected chi connectivity index (χ1v) is 6.33. The second-order valence-electron chi connectivity index (χ2n) is 4.94. The summed E-state index contributed by atoms with van der Waals surface area (Å²) in [4.78, 5) is 0. The number of hydrogen-bond donors (Lipinski definition) is 1. The maximum atomic E-state index is 9.15. The number of nitrogen functional groups attached to an aromatic ring is 1. The molecule has 1 aliphatic rings. The standard InChI is InChI=1S/C14H14N4O/c1-8-5-11(9-3-2-4-9)12(6-10(8)7-15)13-17-18-14(16)19-13/h5-6,9H,2-4H2,1H3,(H2,16,18). The third-order valence-electron chi connectivity index (χ3n) is 3.73. The van der Waals surface area contributed by atoms with Gasteiger partial charge in [0.15, 0.2) is 0 Å². The number of rotatable bonds is 2. The van der Waals surface area contributed by atoms with Crippen molar-refractivity contribution in [2.45, 2.75) is 32.1 Å². The number of nitriles is 1. The molecule has 5 heteroatoms. The highest BCUT2D eigenvalue weighted by Crippen LogP contribution is 2.41. The van der Waals surface area contributed by atoms with Crippen LogP contribution in [0.2, 0.25) is 0 Å². The average molecular weight is 254 g/mol. The van der Waals surface area contributed by atoms with E-state index in [0.717, 1.165) is 11.1 Å². The zero-order valence-electron chi connectivity index (χ0n) is 10.7. The molecule has 0 amide bonds. The van der Waals surface area contributed by atoms with E-state index in [4.69, 9.17) is 15.4 Å². The van der Waals surface area contributed by atoms with Crippen LogP contribution in [0.25, 0.3) is 11.5 Å². The Morgan fingerprint density at radius 3 is 2.68 bits per heavy atom. The summed E-state index contributed by atoms with van der Waals surface area (Å²) < 4.78 is 5.31. The summed E-state index contributed by atoms with van der Waals surface area (Å²) >= 11 is 0. The van der Waals surface area contributed by atoms with Crippen molar-refractivity contribution in [2.24, 2.45) is 0 Å². The summed E-state index contributed by atoms with van der Waals surface area (Å²) in [6.45, 7) is 1.95. The molecule has 0 bridgehead atoms. The van der Waals surface area contributed by atoms with Crippen LogP contribution in [0.4, 0.5) is 6.01 Å². The highest BCUT2D eigenvalue weighted by molar-refractivity contribution is 5.64. The SMILES string of the molecule is Cc1cc(C2CCC2)c(-c2nnc(N)o2)cc1C#N. The fraction of sp³-hybridized carbons (Fsp3) is 0.357. The Bertz CT molecular complexity index is 665. The van der Waals surface area contributed by atoms with Crippen LogP contribution >= 0.6 is 0 Å². The van der Waals surface area contributed by atoms with Gasteiger partial charge in [-0.25, -0.2) is 0 Å². The van der Waals surface area contributed by atoms with Crippen molar-refractivity contribution in [3.8, 4) is 17.5 Å². The lowest BCUT2D eigenvalue weighted by molar-refractivity contribution is 0.419. The molecule has 0 aliphatic heterocycles. The predicted molar refractivity (Wildman–Crippen MR) is 70.2 cm³/mol. The molecule has 1 saturated carbocycles. The van der Waals surface area contributed by atoms with Gasteiger partial charge in [0, 0.05) is 5.56 Å².